The third kappa shape index (κ3) is 5.60. The van der Waals surface area contributed by atoms with E-state index in [0.717, 1.165) is 24.3 Å². The summed E-state index contributed by atoms with van der Waals surface area (Å²) in [5, 5.41) is 0.700. The summed E-state index contributed by atoms with van der Waals surface area (Å²) in [6.07, 6.45) is 1.65. The first kappa shape index (κ1) is 27.5. The van der Waals surface area contributed by atoms with Crippen LogP contribution in [0.4, 0.5) is 15.8 Å². The maximum absolute atomic E-state index is 14.4. The second kappa shape index (κ2) is 11.7. The summed E-state index contributed by atoms with van der Waals surface area (Å²) in [4.78, 5) is 32.4. The van der Waals surface area contributed by atoms with E-state index in [1.54, 1.807) is 60.7 Å². The van der Waals surface area contributed by atoms with Gasteiger partial charge in [0.25, 0.3) is 11.8 Å². The van der Waals surface area contributed by atoms with E-state index in [1.165, 1.54) is 11.0 Å². The highest BCUT2D eigenvalue weighted by atomic mass is 35.5. The number of rotatable bonds is 5. The van der Waals surface area contributed by atoms with Crippen molar-refractivity contribution < 1.29 is 18.7 Å². The van der Waals surface area contributed by atoms with Gasteiger partial charge in [-0.05, 0) is 66.6 Å². The number of nitrogens with zero attached hydrogens (tertiary/aromatic N) is 3. The quantitative estimate of drug-likeness (QED) is 0.246. The average molecular weight is 582 g/mol. The van der Waals surface area contributed by atoms with Crippen LogP contribution in [0.5, 0.6) is 5.75 Å². The molecule has 8 heteroatoms. The van der Waals surface area contributed by atoms with Gasteiger partial charge in [0, 0.05) is 48.0 Å². The lowest BCUT2D eigenvalue weighted by atomic mass is 10.1. The molecular weight excluding hydrogens is 553 g/mol. The van der Waals surface area contributed by atoms with Crippen molar-refractivity contribution in [2.45, 2.75) is 13.5 Å². The predicted octanol–water partition coefficient (Wildman–Crippen LogP) is 6.72. The molecule has 6 rings (SSSR count). The van der Waals surface area contributed by atoms with Crippen LogP contribution in [0, 0.1) is 12.7 Å². The van der Waals surface area contributed by atoms with Gasteiger partial charge >= 0.3 is 0 Å². The zero-order chi connectivity index (χ0) is 29.2. The monoisotopic (exact) mass is 581 g/mol. The fourth-order valence-electron chi connectivity index (χ4n) is 5.35. The smallest absolute Gasteiger partial charge is 0.294 e. The van der Waals surface area contributed by atoms with Crippen molar-refractivity contribution in [1.82, 2.24) is 4.90 Å². The van der Waals surface area contributed by atoms with Gasteiger partial charge in [0.05, 0.1) is 12.2 Å². The fourth-order valence-corrected chi connectivity index (χ4v) is 5.51. The zero-order valence-electron chi connectivity index (χ0n) is 23.1. The van der Waals surface area contributed by atoms with E-state index < -0.39 is 0 Å². The Bertz CT molecular complexity index is 1680. The van der Waals surface area contributed by atoms with Gasteiger partial charge in [-0.1, -0.05) is 60.1 Å². The van der Waals surface area contributed by atoms with Gasteiger partial charge in [-0.15, -0.1) is 0 Å². The highest BCUT2D eigenvalue weighted by molar-refractivity contribution is 6.30. The number of piperazine rings is 1. The van der Waals surface area contributed by atoms with Gasteiger partial charge in [0.1, 0.15) is 5.82 Å². The molecule has 0 spiro atoms. The maximum atomic E-state index is 14.4. The average Bonchev–Trinajstić information content (AvgIpc) is 3.01. The number of para-hydroxylation sites is 2. The van der Waals surface area contributed by atoms with Gasteiger partial charge in [-0.3, -0.25) is 14.5 Å². The summed E-state index contributed by atoms with van der Waals surface area (Å²) in [6.45, 7) is 4.79. The van der Waals surface area contributed by atoms with Crippen LogP contribution in [-0.2, 0) is 11.3 Å². The molecule has 2 amide bonds. The summed E-state index contributed by atoms with van der Waals surface area (Å²) in [5.41, 5.74) is 4.53. The second-order valence-corrected chi connectivity index (χ2v) is 10.8. The fraction of sp³-hybridized carbons (Fsp3) is 0.176. The largest absolute Gasteiger partial charge is 0.449 e. The highest BCUT2D eigenvalue weighted by Gasteiger charge is 2.31. The van der Waals surface area contributed by atoms with Gasteiger partial charge in [-0.2, -0.15) is 0 Å². The summed E-state index contributed by atoms with van der Waals surface area (Å²) in [7, 11) is 0. The predicted molar refractivity (Wildman–Crippen MR) is 163 cm³/mol. The van der Waals surface area contributed by atoms with E-state index in [9.17, 15) is 14.0 Å². The van der Waals surface area contributed by atoms with Crippen molar-refractivity contribution in [2.24, 2.45) is 0 Å². The summed E-state index contributed by atoms with van der Waals surface area (Å²) in [5.74, 6) is -0.146. The molecule has 0 bridgehead atoms. The minimum absolute atomic E-state index is 0.0355. The Morgan fingerprint density at radius 3 is 2.38 bits per heavy atom. The van der Waals surface area contributed by atoms with Gasteiger partial charge in [0.2, 0.25) is 0 Å². The summed E-state index contributed by atoms with van der Waals surface area (Å²) < 4.78 is 20.4. The number of ether oxygens (including phenoxy) is 1. The van der Waals surface area contributed by atoms with Gasteiger partial charge in [0.15, 0.2) is 11.5 Å². The number of amides is 2. The van der Waals surface area contributed by atoms with Crippen molar-refractivity contribution >= 4 is 40.9 Å². The SMILES string of the molecule is Cc1ccc(Cl)cc1N1CCN(C(=O)c2ccc(C=C3Oc4ccccc4N(Cc4ccccc4F)C3=O)cc2)CC1. The number of hydrogen-bond donors (Lipinski definition) is 0. The molecule has 42 heavy (non-hydrogen) atoms. The van der Waals surface area contributed by atoms with Crippen LogP contribution in [0.15, 0.2) is 96.8 Å². The Morgan fingerprint density at radius 1 is 0.905 bits per heavy atom. The van der Waals surface area contributed by atoms with Crippen LogP contribution in [0.25, 0.3) is 6.08 Å². The van der Waals surface area contributed by atoms with Crippen LogP contribution in [0.3, 0.4) is 0 Å². The molecule has 2 aliphatic rings. The molecule has 1 fully saturated rings. The van der Waals surface area contributed by atoms with Crippen molar-refractivity contribution in [3.63, 3.8) is 0 Å². The van der Waals surface area contributed by atoms with E-state index in [2.05, 4.69) is 11.8 Å². The first-order valence-corrected chi connectivity index (χ1v) is 14.2. The molecule has 212 valence electrons. The molecule has 0 atom stereocenters. The highest BCUT2D eigenvalue weighted by Crippen LogP contribution is 2.37. The molecule has 0 N–H and O–H groups in total. The molecule has 0 radical (unpaired) electrons. The van der Waals surface area contributed by atoms with E-state index in [4.69, 9.17) is 16.3 Å². The summed E-state index contributed by atoms with van der Waals surface area (Å²) >= 11 is 6.21. The van der Waals surface area contributed by atoms with E-state index in [0.29, 0.717) is 46.2 Å². The number of carbonyl (C=O) groups excluding carboxylic acids is 2. The molecular formula is C34H29ClFN3O3. The lowest BCUT2D eigenvalue weighted by Crippen LogP contribution is -2.49. The Labute approximate surface area is 249 Å². The maximum Gasteiger partial charge on any atom is 0.294 e. The van der Waals surface area contributed by atoms with Gasteiger partial charge in [-0.25, -0.2) is 4.39 Å². The minimum atomic E-state index is -0.374. The number of fused-ring (bicyclic) bond motifs is 1. The van der Waals surface area contributed by atoms with Crippen molar-refractivity contribution in [1.29, 1.82) is 0 Å². The lowest BCUT2D eigenvalue weighted by molar-refractivity contribution is -0.117. The molecule has 0 unspecified atom stereocenters. The number of aryl methyl sites for hydroxylation is 1. The molecule has 0 aromatic heterocycles. The molecule has 2 heterocycles. The third-order valence-corrected chi connectivity index (χ3v) is 7.89. The molecule has 4 aromatic rings. The van der Waals surface area contributed by atoms with Crippen molar-refractivity contribution in [3.05, 3.63) is 130 Å². The van der Waals surface area contributed by atoms with Crippen LogP contribution in [-0.4, -0.2) is 42.9 Å². The Balaban J connectivity index is 1.16. The Morgan fingerprint density at radius 2 is 1.62 bits per heavy atom. The Kier molecular flexibility index (Phi) is 7.68. The number of carbonyl (C=O) groups is 2. The van der Waals surface area contributed by atoms with Crippen molar-refractivity contribution in [3.8, 4) is 5.75 Å². The topological polar surface area (TPSA) is 53.1 Å². The van der Waals surface area contributed by atoms with Gasteiger partial charge < -0.3 is 14.5 Å². The minimum Gasteiger partial charge on any atom is -0.449 e. The summed E-state index contributed by atoms with van der Waals surface area (Å²) in [6, 6.07) is 26.6. The molecule has 0 saturated carbocycles. The first-order chi connectivity index (χ1) is 20.4. The van der Waals surface area contributed by atoms with E-state index >= 15 is 0 Å². The van der Waals surface area contributed by atoms with Crippen LogP contribution in [0.2, 0.25) is 5.02 Å². The zero-order valence-corrected chi connectivity index (χ0v) is 23.9. The van der Waals surface area contributed by atoms with Crippen LogP contribution in [0.1, 0.15) is 27.0 Å². The number of anilines is 2. The number of hydrogen-bond acceptors (Lipinski definition) is 4. The number of benzene rings is 4. The van der Waals surface area contributed by atoms with E-state index in [1.807, 2.05) is 35.2 Å². The standard InChI is InChI=1S/C34H29ClFN3O3/c1-23-10-15-27(35)21-30(23)37-16-18-38(19-17-37)33(40)25-13-11-24(12-14-25)20-32-34(41)39(22-26-6-2-3-7-28(26)36)29-8-4-5-9-31(29)42-32/h2-15,20-21H,16-19,22H2,1H3. The third-order valence-electron chi connectivity index (χ3n) is 7.65. The van der Waals surface area contributed by atoms with E-state index in [-0.39, 0.29) is 29.9 Å². The van der Waals surface area contributed by atoms with Crippen LogP contribution >= 0.6 is 11.6 Å². The molecule has 0 aliphatic carbocycles. The molecule has 2 aliphatic heterocycles. The second-order valence-electron chi connectivity index (χ2n) is 10.4. The number of halogens is 2. The lowest BCUT2D eigenvalue weighted by Gasteiger charge is -2.37. The Hall–Kier alpha value is -4.62. The van der Waals surface area contributed by atoms with Crippen molar-refractivity contribution in [2.75, 3.05) is 36.0 Å². The normalized spacial score (nSPS) is 15.9. The first-order valence-electron chi connectivity index (χ1n) is 13.8. The molecule has 1 saturated heterocycles. The van der Waals surface area contributed by atoms with Crippen LogP contribution < -0.4 is 14.5 Å². The molecule has 4 aromatic carbocycles. The molecule has 6 nitrogen and oxygen atoms in total.